The summed E-state index contributed by atoms with van der Waals surface area (Å²) >= 11 is 0. The van der Waals surface area contributed by atoms with E-state index in [4.69, 9.17) is 4.74 Å². The molecular formula is C20H32N2O4. The lowest BCUT2D eigenvalue weighted by Crippen LogP contribution is -2.47. The lowest BCUT2D eigenvalue weighted by Gasteiger charge is -2.52. The number of nitrogens with zero attached hydrogens (tertiary/aromatic N) is 1. The fourth-order valence-corrected chi connectivity index (χ4v) is 5.29. The van der Waals surface area contributed by atoms with Crippen LogP contribution < -0.4 is 5.32 Å². The molecule has 0 radical (unpaired) electrons. The first kappa shape index (κ1) is 19.2. The van der Waals surface area contributed by atoms with Crippen LogP contribution in [0.2, 0.25) is 0 Å². The molecule has 4 aliphatic rings. The lowest BCUT2D eigenvalue weighted by molar-refractivity contribution is -0.163. The van der Waals surface area contributed by atoms with Crippen LogP contribution in [0, 0.1) is 16.7 Å². The number of hydrogen-bond acceptors (Lipinski definition) is 4. The van der Waals surface area contributed by atoms with Crippen molar-refractivity contribution < 1.29 is 19.1 Å². The molecule has 146 valence electrons. The number of esters is 1. The van der Waals surface area contributed by atoms with Crippen molar-refractivity contribution >= 4 is 17.8 Å². The van der Waals surface area contributed by atoms with Crippen molar-refractivity contribution in [3.05, 3.63) is 0 Å². The Morgan fingerprint density at radius 1 is 1.04 bits per heavy atom. The molecule has 1 saturated heterocycles. The van der Waals surface area contributed by atoms with E-state index in [0.29, 0.717) is 19.5 Å². The maximum Gasteiger partial charge on any atom is 0.311 e. The van der Waals surface area contributed by atoms with Gasteiger partial charge in [-0.3, -0.25) is 14.4 Å². The number of piperidine rings is 1. The van der Waals surface area contributed by atoms with E-state index in [2.05, 4.69) is 5.32 Å². The smallest absolute Gasteiger partial charge is 0.311 e. The van der Waals surface area contributed by atoms with Crippen molar-refractivity contribution in [1.29, 1.82) is 0 Å². The SMILES string of the molecule is CNC(=O)C1CCN(C(=O)CCC23CCC(C(=O)OC)(CC2)CC3)CC1. The Labute approximate surface area is 156 Å². The molecule has 0 atom stereocenters. The average molecular weight is 364 g/mol. The summed E-state index contributed by atoms with van der Waals surface area (Å²) in [4.78, 5) is 38.4. The molecule has 0 aromatic rings. The lowest BCUT2D eigenvalue weighted by atomic mass is 9.52. The van der Waals surface area contributed by atoms with E-state index in [1.54, 1.807) is 7.05 Å². The van der Waals surface area contributed by atoms with Crippen molar-refractivity contribution in [2.75, 3.05) is 27.2 Å². The number of ether oxygens (including phenoxy) is 1. The molecule has 0 aromatic heterocycles. The van der Waals surface area contributed by atoms with Crippen molar-refractivity contribution in [3.63, 3.8) is 0 Å². The monoisotopic (exact) mass is 364 g/mol. The number of hydrogen-bond donors (Lipinski definition) is 1. The van der Waals surface area contributed by atoms with Crippen LogP contribution in [0.3, 0.4) is 0 Å². The van der Waals surface area contributed by atoms with Gasteiger partial charge in [0, 0.05) is 32.5 Å². The summed E-state index contributed by atoms with van der Waals surface area (Å²) in [6.07, 6.45) is 8.88. The molecule has 0 spiro atoms. The Morgan fingerprint density at radius 3 is 2.12 bits per heavy atom. The largest absolute Gasteiger partial charge is 0.469 e. The van der Waals surface area contributed by atoms with Crippen molar-refractivity contribution in [1.82, 2.24) is 10.2 Å². The van der Waals surface area contributed by atoms with Crippen LogP contribution in [0.1, 0.15) is 64.2 Å². The fraction of sp³-hybridized carbons (Fsp3) is 0.850. The topological polar surface area (TPSA) is 75.7 Å². The van der Waals surface area contributed by atoms with Crippen LogP contribution in [-0.2, 0) is 19.1 Å². The highest BCUT2D eigenvalue weighted by molar-refractivity contribution is 5.80. The number of methoxy groups -OCH3 is 1. The summed E-state index contributed by atoms with van der Waals surface area (Å²) in [5.74, 6) is 0.325. The Balaban J connectivity index is 1.46. The zero-order valence-corrected chi connectivity index (χ0v) is 16.1. The summed E-state index contributed by atoms with van der Waals surface area (Å²) in [7, 11) is 3.15. The van der Waals surface area contributed by atoms with Crippen LogP contribution in [0.5, 0.6) is 0 Å². The average Bonchev–Trinajstić information content (AvgIpc) is 2.72. The van der Waals surface area contributed by atoms with Gasteiger partial charge in [0.15, 0.2) is 0 Å². The van der Waals surface area contributed by atoms with E-state index in [9.17, 15) is 14.4 Å². The molecule has 0 unspecified atom stereocenters. The molecular weight excluding hydrogens is 332 g/mol. The van der Waals surface area contributed by atoms with Crippen LogP contribution in [0.4, 0.5) is 0 Å². The predicted molar refractivity (Wildman–Crippen MR) is 97.2 cm³/mol. The zero-order valence-electron chi connectivity index (χ0n) is 16.1. The molecule has 2 bridgehead atoms. The van der Waals surface area contributed by atoms with Gasteiger partial charge in [0.25, 0.3) is 0 Å². The minimum absolute atomic E-state index is 0.0409. The zero-order chi connectivity index (χ0) is 18.8. The molecule has 26 heavy (non-hydrogen) atoms. The van der Waals surface area contributed by atoms with Gasteiger partial charge in [-0.1, -0.05) is 0 Å². The van der Waals surface area contributed by atoms with Crippen LogP contribution >= 0.6 is 0 Å². The van der Waals surface area contributed by atoms with E-state index in [-0.39, 0.29) is 34.5 Å². The van der Waals surface area contributed by atoms with Gasteiger partial charge in [-0.25, -0.2) is 0 Å². The van der Waals surface area contributed by atoms with Gasteiger partial charge in [-0.15, -0.1) is 0 Å². The number of likely N-dealkylation sites (tertiary alicyclic amines) is 1. The summed E-state index contributed by atoms with van der Waals surface area (Å²) in [5.41, 5.74) is -0.00586. The third kappa shape index (κ3) is 3.60. The normalized spacial score (nSPS) is 31.5. The number of carbonyl (C=O) groups is 3. The molecule has 4 fully saturated rings. The minimum atomic E-state index is -0.248. The van der Waals surface area contributed by atoms with Crippen molar-refractivity contribution in [2.45, 2.75) is 64.2 Å². The van der Waals surface area contributed by atoms with Gasteiger partial charge >= 0.3 is 5.97 Å². The van der Waals surface area contributed by atoms with Gasteiger partial charge in [0.2, 0.25) is 11.8 Å². The van der Waals surface area contributed by atoms with E-state index < -0.39 is 0 Å². The first-order valence-electron chi connectivity index (χ1n) is 10.0. The number of amides is 2. The van der Waals surface area contributed by atoms with Gasteiger partial charge in [-0.05, 0) is 63.2 Å². The van der Waals surface area contributed by atoms with E-state index in [1.165, 1.54) is 7.11 Å². The Hall–Kier alpha value is -1.59. The first-order valence-corrected chi connectivity index (χ1v) is 10.0. The molecule has 1 heterocycles. The van der Waals surface area contributed by atoms with Crippen LogP contribution in [0.15, 0.2) is 0 Å². The standard InChI is InChI=1S/C20H32N2O4/c1-21-17(24)15-4-13-22(14-5-15)16(23)3-6-19-7-10-20(11-8-19,12-9-19)18(25)26-2/h15H,3-14H2,1-2H3,(H,21,24). The molecule has 3 aliphatic carbocycles. The number of carbonyl (C=O) groups excluding carboxylic acids is 3. The molecule has 6 nitrogen and oxygen atoms in total. The quantitative estimate of drug-likeness (QED) is 0.759. The van der Waals surface area contributed by atoms with Gasteiger partial charge in [0.05, 0.1) is 12.5 Å². The molecule has 6 heteroatoms. The Kier molecular flexibility index (Phi) is 5.58. The highest BCUT2D eigenvalue weighted by Crippen LogP contribution is 2.59. The van der Waals surface area contributed by atoms with Crippen LogP contribution in [-0.4, -0.2) is 49.9 Å². The number of fused-ring (bicyclic) bond motifs is 3. The fourth-order valence-electron chi connectivity index (χ4n) is 5.29. The molecule has 3 saturated carbocycles. The third-order valence-electron chi connectivity index (χ3n) is 7.35. The summed E-state index contributed by atoms with van der Waals surface area (Å²) in [6.45, 7) is 1.38. The molecule has 1 aliphatic heterocycles. The summed E-state index contributed by atoms with van der Waals surface area (Å²) in [5, 5.41) is 2.70. The maximum atomic E-state index is 12.6. The van der Waals surface area contributed by atoms with Gasteiger partial charge in [0.1, 0.15) is 0 Å². The summed E-state index contributed by atoms with van der Waals surface area (Å²) in [6, 6.07) is 0. The minimum Gasteiger partial charge on any atom is -0.469 e. The Bertz CT molecular complexity index is 542. The van der Waals surface area contributed by atoms with Gasteiger partial charge < -0.3 is 15.0 Å². The Morgan fingerprint density at radius 2 is 1.62 bits per heavy atom. The third-order valence-corrected chi connectivity index (χ3v) is 7.35. The van der Waals surface area contributed by atoms with Crippen LogP contribution in [0.25, 0.3) is 0 Å². The summed E-state index contributed by atoms with van der Waals surface area (Å²) < 4.78 is 5.02. The van der Waals surface area contributed by atoms with E-state index in [0.717, 1.165) is 57.8 Å². The highest BCUT2D eigenvalue weighted by atomic mass is 16.5. The molecule has 0 aromatic carbocycles. The van der Waals surface area contributed by atoms with E-state index in [1.807, 2.05) is 4.90 Å². The molecule has 4 rings (SSSR count). The second kappa shape index (κ2) is 7.57. The number of rotatable bonds is 5. The van der Waals surface area contributed by atoms with Gasteiger partial charge in [-0.2, -0.15) is 0 Å². The predicted octanol–water partition coefficient (Wildman–Crippen LogP) is 2.26. The maximum absolute atomic E-state index is 12.6. The number of nitrogens with one attached hydrogen (secondary N) is 1. The van der Waals surface area contributed by atoms with E-state index >= 15 is 0 Å². The van der Waals surface area contributed by atoms with Crippen molar-refractivity contribution in [3.8, 4) is 0 Å². The van der Waals surface area contributed by atoms with Crippen molar-refractivity contribution in [2.24, 2.45) is 16.7 Å². The highest BCUT2D eigenvalue weighted by Gasteiger charge is 2.52. The second-order valence-electron chi connectivity index (χ2n) is 8.54. The molecule has 1 N–H and O–H groups in total. The molecule has 2 amide bonds. The second-order valence-corrected chi connectivity index (χ2v) is 8.54. The first-order chi connectivity index (χ1) is 12.4.